The van der Waals surface area contributed by atoms with Crippen LogP contribution in [-0.4, -0.2) is 51.5 Å². The highest BCUT2D eigenvalue weighted by Crippen LogP contribution is 2.15. The second-order valence-corrected chi connectivity index (χ2v) is 4.13. The SMILES string of the molecule is CONc1ccc(OCCN2CCOCC2)cc1. The molecule has 0 atom stereocenters. The van der Waals surface area contributed by atoms with Crippen LogP contribution in [0.4, 0.5) is 5.69 Å². The number of nitrogens with one attached hydrogen (secondary N) is 1. The summed E-state index contributed by atoms with van der Waals surface area (Å²) in [6.07, 6.45) is 0. The monoisotopic (exact) mass is 252 g/mol. The van der Waals surface area contributed by atoms with E-state index in [9.17, 15) is 0 Å². The van der Waals surface area contributed by atoms with Crippen LogP contribution in [0.5, 0.6) is 5.75 Å². The molecule has 100 valence electrons. The molecule has 0 saturated carbocycles. The van der Waals surface area contributed by atoms with Crippen molar-refractivity contribution in [2.24, 2.45) is 0 Å². The highest BCUT2D eigenvalue weighted by Gasteiger charge is 2.09. The van der Waals surface area contributed by atoms with Gasteiger partial charge in [0.25, 0.3) is 0 Å². The molecule has 1 aromatic carbocycles. The number of rotatable bonds is 6. The summed E-state index contributed by atoms with van der Waals surface area (Å²) in [6, 6.07) is 7.71. The molecule has 1 N–H and O–H groups in total. The Bertz CT molecular complexity index is 337. The number of nitrogens with zero attached hydrogens (tertiary/aromatic N) is 1. The first kappa shape index (κ1) is 13.1. The molecule has 5 nitrogen and oxygen atoms in total. The predicted molar refractivity (Wildman–Crippen MR) is 69.8 cm³/mol. The number of ether oxygens (including phenoxy) is 2. The van der Waals surface area contributed by atoms with Crippen molar-refractivity contribution in [3.63, 3.8) is 0 Å². The van der Waals surface area contributed by atoms with Crippen LogP contribution in [0, 0.1) is 0 Å². The van der Waals surface area contributed by atoms with Crippen LogP contribution in [0.2, 0.25) is 0 Å². The van der Waals surface area contributed by atoms with E-state index in [0.717, 1.165) is 44.3 Å². The minimum absolute atomic E-state index is 0.705. The van der Waals surface area contributed by atoms with Gasteiger partial charge in [-0.2, -0.15) is 0 Å². The Morgan fingerprint density at radius 1 is 1.22 bits per heavy atom. The third-order valence-corrected chi connectivity index (χ3v) is 2.85. The van der Waals surface area contributed by atoms with Gasteiger partial charge in [0.05, 0.1) is 26.0 Å². The highest BCUT2D eigenvalue weighted by atomic mass is 16.6. The van der Waals surface area contributed by atoms with E-state index < -0.39 is 0 Å². The second kappa shape index (κ2) is 7.20. The second-order valence-electron chi connectivity index (χ2n) is 4.13. The predicted octanol–water partition coefficient (Wildman–Crippen LogP) is 1.37. The first-order chi connectivity index (χ1) is 8.88. The molecule has 0 radical (unpaired) electrons. The molecule has 18 heavy (non-hydrogen) atoms. The van der Waals surface area contributed by atoms with Crippen molar-refractivity contribution in [3.8, 4) is 5.75 Å². The van der Waals surface area contributed by atoms with Crippen molar-refractivity contribution < 1.29 is 14.3 Å². The van der Waals surface area contributed by atoms with Gasteiger partial charge in [0, 0.05) is 19.6 Å². The Kier molecular flexibility index (Phi) is 5.26. The molecule has 1 heterocycles. The van der Waals surface area contributed by atoms with E-state index in [1.165, 1.54) is 0 Å². The highest BCUT2D eigenvalue weighted by molar-refractivity contribution is 5.44. The zero-order chi connectivity index (χ0) is 12.6. The molecule has 0 unspecified atom stereocenters. The summed E-state index contributed by atoms with van der Waals surface area (Å²) in [5, 5.41) is 0. The normalized spacial score (nSPS) is 16.5. The Morgan fingerprint density at radius 3 is 2.61 bits per heavy atom. The molecule has 0 spiro atoms. The maximum absolute atomic E-state index is 5.69. The lowest BCUT2D eigenvalue weighted by molar-refractivity contribution is 0.0322. The van der Waals surface area contributed by atoms with Crippen molar-refractivity contribution in [1.29, 1.82) is 0 Å². The number of hydrogen-bond acceptors (Lipinski definition) is 5. The standard InChI is InChI=1S/C13H20N2O3/c1-16-14-12-2-4-13(5-3-12)18-11-8-15-6-9-17-10-7-15/h2-5,14H,6-11H2,1H3. The van der Waals surface area contributed by atoms with E-state index in [0.29, 0.717) is 6.61 Å². The Labute approximate surface area is 108 Å². The smallest absolute Gasteiger partial charge is 0.119 e. The van der Waals surface area contributed by atoms with E-state index in [1.54, 1.807) is 7.11 Å². The van der Waals surface area contributed by atoms with Crippen LogP contribution in [0.15, 0.2) is 24.3 Å². The number of anilines is 1. The van der Waals surface area contributed by atoms with Crippen LogP contribution in [-0.2, 0) is 9.57 Å². The van der Waals surface area contributed by atoms with Crippen molar-refractivity contribution >= 4 is 5.69 Å². The first-order valence-electron chi connectivity index (χ1n) is 6.20. The summed E-state index contributed by atoms with van der Waals surface area (Å²) >= 11 is 0. The summed E-state index contributed by atoms with van der Waals surface area (Å²) in [5.41, 5.74) is 3.68. The summed E-state index contributed by atoms with van der Waals surface area (Å²) in [4.78, 5) is 7.17. The maximum atomic E-state index is 5.69. The number of benzene rings is 1. The van der Waals surface area contributed by atoms with Gasteiger partial charge in [-0.05, 0) is 24.3 Å². The van der Waals surface area contributed by atoms with Crippen molar-refractivity contribution in [3.05, 3.63) is 24.3 Å². The van der Waals surface area contributed by atoms with Gasteiger partial charge in [0.15, 0.2) is 0 Å². The van der Waals surface area contributed by atoms with Gasteiger partial charge in [-0.1, -0.05) is 0 Å². The molecule has 1 aliphatic heterocycles. The van der Waals surface area contributed by atoms with Gasteiger partial charge < -0.3 is 9.47 Å². The van der Waals surface area contributed by atoms with Gasteiger partial charge >= 0.3 is 0 Å². The quantitative estimate of drug-likeness (QED) is 0.775. The number of hydrogen-bond donors (Lipinski definition) is 1. The fourth-order valence-corrected chi connectivity index (χ4v) is 1.85. The maximum Gasteiger partial charge on any atom is 0.119 e. The molecular formula is C13H20N2O3. The van der Waals surface area contributed by atoms with Crippen molar-refractivity contribution in [1.82, 2.24) is 4.90 Å². The van der Waals surface area contributed by atoms with Crippen LogP contribution < -0.4 is 10.2 Å². The average Bonchev–Trinajstić information content (AvgIpc) is 2.42. The first-order valence-corrected chi connectivity index (χ1v) is 6.20. The van der Waals surface area contributed by atoms with Gasteiger partial charge in [-0.25, -0.2) is 0 Å². The average molecular weight is 252 g/mol. The molecule has 0 amide bonds. The summed E-state index contributed by atoms with van der Waals surface area (Å²) in [5.74, 6) is 0.880. The molecule has 1 saturated heterocycles. The van der Waals surface area contributed by atoms with Crippen LogP contribution in [0.1, 0.15) is 0 Å². The van der Waals surface area contributed by atoms with Crippen LogP contribution >= 0.6 is 0 Å². The van der Waals surface area contributed by atoms with E-state index in [-0.39, 0.29) is 0 Å². The molecule has 1 aliphatic rings. The Hall–Kier alpha value is -1.30. The molecule has 5 heteroatoms. The third-order valence-electron chi connectivity index (χ3n) is 2.85. The summed E-state index contributed by atoms with van der Waals surface area (Å²) in [7, 11) is 1.59. The van der Waals surface area contributed by atoms with Crippen molar-refractivity contribution in [2.75, 3.05) is 52.0 Å². The minimum Gasteiger partial charge on any atom is -0.492 e. The lowest BCUT2D eigenvalue weighted by atomic mass is 10.3. The molecule has 0 bridgehead atoms. The minimum atomic E-state index is 0.705. The third kappa shape index (κ3) is 4.18. The topological polar surface area (TPSA) is 43.0 Å². The molecule has 2 rings (SSSR count). The van der Waals surface area contributed by atoms with Crippen LogP contribution in [0.25, 0.3) is 0 Å². The zero-order valence-electron chi connectivity index (χ0n) is 10.7. The van der Waals surface area contributed by atoms with E-state index in [2.05, 4.69) is 10.4 Å². The number of morpholine rings is 1. The zero-order valence-corrected chi connectivity index (χ0v) is 10.7. The van der Waals surface area contributed by atoms with Gasteiger partial charge in [0.1, 0.15) is 12.4 Å². The van der Waals surface area contributed by atoms with Gasteiger partial charge in [-0.3, -0.25) is 15.2 Å². The Balaban J connectivity index is 1.69. The van der Waals surface area contributed by atoms with Gasteiger partial charge in [0.2, 0.25) is 0 Å². The molecule has 0 aliphatic carbocycles. The Morgan fingerprint density at radius 2 is 1.94 bits per heavy atom. The summed E-state index contributed by atoms with van der Waals surface area (Å²) < 4.78 is 11.0. The molecule has 0 aromatic heterocycles. The fourth-order valence-electron chi connectivity index (χ4n) is 1.85. The lowest BCUT2D eigenvalue weighted by Gasteiger charge is -2.26. The van der Waals surface area contributed by atoms with Crippen LogP contribution in [0.3, 0.4) is 0 Å². The molecule has 1 fully saturated rings. The van der Waals surface area contributed by atoms with E-state index in [1.807, 2.05) is 24.3 Å². The largest absolute Gasteiger partial charge is 0.492 e. The molecular weight excluding hydrogens is 232 g/mol. The van der Waals surface area contributed by atoms with E-state index >= 15 is 0 Å². The molecule has 1 aromatic rings. The van der Waals surface area contributed by atoms with E-state index in [4.69, 9.17) is 14.3 Å². The summed E-state index contributed by atoms with van der Waals surface area (Å²) in [6.45, 7) is 5.31. The van der Waals surface area contributed by atoms with Gasteiger partial charge in [-0.15, -0.1) is 0 Å². The van der Waals surface area contributed by atoms with Crippen molar-refractivity contribution in [2.45, 2.75) is 0 Å². The fraction of sp³-hybridized carbons (Fsp3) is 0.538. The lowest BCUT2D eigenvalue weighted by Crippen LogP contribution is -2.38.